The summed E-state index contributed by atoms with van der Waals surface area (Å²) in [6.07, 6.45) is 0. The van der Waals surface area contributed by atoms with Gasteiger partial charge in [0.05, 0.1) is 0 Å². The van der Waals surface area contributed by atoms with Crippen LogP contribution >= 0.6 is 11.3 Å². The molecule has 0 spiro atoms. The third-order valence-corrected chi connectivity index (χ3v) is 2.04. The minimum Gasteiger partial charge on any atom is -0.390 e. The zero-order valence-electron chi connectivity index (χ0n) is 6.41. The Labute approximate surface area is 73.6 Å². The van der Waals surface area contributed by atoms with Crippen LogP contribution in [0, 0.1) is 0 Å². The van der Waals surface area contributed by atoms with E-state index in [0.29, 0.717) is 6.61 Å². The molecule has 0 unspecified atom stereocenters. The second kappa shape index (κ2) is 3.46. The summed E-state index contributed by atoms with van der Waals surface area (Å²) >= 11 is 1.55. The van der Waals surface area contributed by atoms with Gasteiger partial charge in [-0.15, -0.1) is 0 Å². The van der Waals surface area contributed by atoms with Crippen molar-refractivity contribution in [3.05, 3.63) is 22.4 Å². The van der Waals surface area contributed by atoms with Gasteiger partial charge in [0, 0.05) is 12.0 Å². The third-order valence-electron chi connectivity index (χ3n) is 1.36. The molecule has 1 heterocycles. The molecule has 1 aromatic heterocycles. The molecule has 0 aliphatic carbocycles. The lowest BCUT2D eigenvalue weighted by molar-refractivity contribution is 0.0872. The van der Waals surface area contributed by atoms with Gasteiger partial charge in [0.2, 0.25) is 0 Å². The van der Waals surface area contributed by atoms with Gasteiger partial charge in [-0.1, -0.05) is 0 Å². The monoisotopic (exact) mass is 162 g/mol. The largest absolute Gasteiger partial charge is 0.390 e. The number of rotatable bonds is 3. The molecule has 0 aliphatic rings. The minimum atomic E-state index is -1.12. The first-order valence-corrected chi connectivity index (χ1v) is 4.35. The number of hydrogen-bond donors (Lipinski definition) is 0. The van der Waals surface area contributed by atoms with E-state index in [-0.39, 0.29) is 0 Å². The van der Waals surface area contributed by atoms with E-state index >= 15 is 0 Å². The molecule has 0 saturated carbocycles. The maximum Gasteiger partial charge on any atom is 0.106 e. The molecule has 4 heteroatoms. The van der Waals surface area contributed by atoms with E-state index in [1.807, 2.05) is 23.8 Å². The molecule has 0 saturated heterocycles. The minimum absolute atomic E-state index is 0.517. The van der Waals surface area contributed by atoms with Gasteiger partial charge in [0.25, 0.3) is 0 Å². The Morgan fingerprint density at radius 2 is 2.36 bits per heavy atom. The molecule has 11 heavy (non-hydrogen) atoms. The van der Waals surface area contributed by atoms with Crippen LogP contribution in [-0.4, -0.2) is 22.3 Å². The van der Waals surface area contributed by atoms with E-state index in [2.05, 4.69) is 0 Å². The Morgan fingerprint density at radius 1 is 1.64 bits per heavy atom. The van der Waals surface area contributed by atoms with Crippen molar-refractivity contribution in [3.8, 4) is 0 Å². The van der Waals surface area contributed by atoms with Crippen LogP contribution in [-0.2, 0) is 10.1 Å². The van der Waals surface area contributed by atoms with Gasteiger partial charge in [-0.25, -0.2) is 0 Å². The number of ether oxygens (including phenoxy) is 1. The number of thiophene rings is 1. The predicted octanol–water partition coefficient (Wildman–Crippen LogP) is 1.23. The van der Waals surface area contributed by atoms with Gasteiger partial charge >= 0.3 is 0 Å². The fraction of sp³-hybridized carbons (Fsp3) is 0.429. The highest BCUT2D eigenvalue weighted by atomic mass is 32.1. The molecule has 0 bridgehead atoms. The third kappa shape index (κ3) is 2.11. The second-order valence-electron chi connectivity index (χ2n) is 2.24. The van der Waals surface area contributed by atoms with E-state index in [1.165, 1.54) is 0 Å². The highest BCUT2D eigenvalue weighted by molar-refractivity contribution is 7.08. The quantitative estimate of drug-likeness (QED) is 0.607. The smallest absolute Gasteiger partial charge is 0.106 e. The van der Waals surface area contributed by atoms with E-state index in [1.54, 1.807) is 11.3 Å². The fourth-order valence-electron chi connectivity index (χ4n) is 0.809. The Hall–Kier alpha value is -0.210. The highest BCUT2D eigenvalue weighted by Crippen LogP contribution is 2.20. The van der Waals surface area contributed by atoms with E-state index in [0.717, 1.165) is 5.56 Å². The summed E-state index contributed by atoms with van der Waals surface area (Å²) in [7, 11) is 11.3. The van der Waals surface area contributed by atoms with Crippen molar-refractivity contribution in [1.29, 1.82) is 0 Å². The van der Waals surface area contributed by atoms with Gasteiger partial charge in [0.15, 0.2) is 0 Å². The Kier molecular flexibility index (Phi) is 2.79. The molecule has 0 fully saturated rings. The molecular formula is C7H8B2OS. The van der Waals surface area contributed by atoms with Crippen molar-refractivity contribution in [2.75, 3.05) is 6.61 Å². The molecule has 0 amide bonds. The van der Waals surface area contributed by atoms with E-state index in [9.17, 15) is 0 Å². The molecule has 54 valence electrons. The van der Waals surface area contributed by atoms with Crippen molar-refractivity contribution in [2.45, 2.75) is 12.3 Å². The fourth-order valence-corrected chi connectivity index (χ4v) is 1.52. The zero-order valence-corrected chi connectivity index (χ0v) is 7.23. The molecule has 0 aromatic carbocycles. The summed E-state index contributed by atoms with van der Waals surface area (Å²) in [6, 6.07) is 1.86. The maximum atomic E-state index is 5.66. The number of hydrogen-bond acceptors (Lipinski definition) is 2. The van der Waals surface area contributed by atoms with Crippen molar-refractivity contribution < 1.29 is 4.74 Å². The van der Waals surface area contributed by atoms with Gasteiger partial charge in [0.1, 0.15) is 15.7 Å². The van der Waals surface area contributed by atoms with Gasteiger partial charge in [-0.05, 0) is 29.3 Å². The Balaban J connectivity index is 2.73. The summed E-state index contributed by atoms with van der Waals surface area (Å²) in [5, 5.41) is 2.69. The molecule has 4 radical (unpaired) electrons. The second-order valence-corrected chi connectivity index (χ2v) is 3.02. The summed E-state index contributed by atoms with van der Waals surface area (Å²) in [5.41, 5.74) is 0.823. The summed E-state index contributed by atoms with van der Waals surface area (Å²) in [6.45, 7) is 2.38. The Bertz CT molecular complexity index is 208. The SMILES string of the molecule is [B]C([B])(OCC)c1ccsc1. The van der Waals surface area contributed by atoms with Gasteiger partial charge < -0.3 is 4.74 Å². The van der Waals surface area contributed by atoms with Crippen LogP contribution in [0.3, 0.4) is 0 Å². The maximum absolute atomic E-state index is 5.66. The van der Waals surface area contributed by atoms with Crippen molar-refractivity contribution in [3.63, 3.8) is 0 Å². The van der Waals surface area contributed by atoms with Crippen LogP contribution in [0.25, 0.3) is 0 Å². The molecule has 1 nitrogen and oxygen atoms in total. The lowest BCUT2D eigenvalue weighted by Crippen LogP contribution is -2.29. The zero-order chi connectivity index (χ0) is 8.32. The highest BCUT2D eigenvalue weighted by Gasteiger charge is 2.18. The van der Waals surface area contributed by atoms with Crippen LogP contribution in [0.5, 0.6) is 0 Å². The van der Waals surface area contributed by atoms with Crippen molar-refractivity contribution in [2.24, 2.45) is 0 Å². The molecule has 0 N–H and O–H groups in total. The summed E-state index contributed by atoms with van der Waals surface area (Å²) in [5.74, 6) is 0. The van der Waals surface area contributed by atoms with Crippen LogP contribution < -0.4 is 0 Å². The van der Waals surface area contributed by atoms with Crippen LogP contribution in [0.1, 0.15) is 12.5 Å². The first-order valence-electron chi connectivity index (χ1n) is 3.41. The standard InChI is InChI=1S/C7H8B2OS/c1-2-10-7(8,9)6-3-4-11-5-6/h3-5H,2H2,1H3. The van der Waals surface area contributed by atoms with Crippen LogP contribution in [0.4, 0.5) is 0 Å². The first-order chi connectivity index (χ1) is 5.17. The normalized spacial score (nSPS) is 11.7. The first kappa shape index (κ1) is 8.88. The van der Waals surface area contributed by atoms with E-state index in [4.69, 9.17) is 20.4 Å². The Morgan fingerprint density at radius 3 is 2.82 bits per heavy atom. The summed E-state index contributed by atoms with van der Waals surface area (Å²) in [4.78, 5) is 0. The van der Waals surface area contributed by atoms with Crippen LogP contribution in [0.2, 0.25) is 0 Å². The van der Waals surface area contributed by atoms with Gasteiger partial charge in [-0.2, -0.15) is 11.3 Å². The lowest BCUT2D eigenvalue weighted by Gasteiger charge is -2.24. The molecule has 1 aromatic rings. The average molecular weight is 162 g/mol. The van der Waals surface area contributed by atoms with Crippen molar-refractivity contribution in [1.82, 2.24) is 0 Å². The molecular weight excluding hydrogens is 154 g/mol. The average Bonchev–Trinajstić information content (AvgIpc) is 2.37. The van der Waals surface area contributed by atoms with Crippen molar-refractivity contribution >= 4 is 27.0 Å². The van der Waals surface area contributed by atoms with Gasteiger partial charge in [-0.3, -0.25) is 0 Å². The molecule has 1 rings (SSSR count). The molecule has 0 aliphatic heterocycles. The molecule has 0 atom stereocenters. The summed E-state index contributed by atoms with van der Waals surface area (Å²) < 4.78 is 5.14. The van der Waals surface area contributed by atoms with E-state index < -0.39 is 5.40 Å². The lowest BCUT2D eigenvalue weighted by atomic mass is 9.62. The topological polar surface area (TPSA) is 9.23 Å². The van der Waals surface area contributed by atoms with Crippen LogP contribution in [0.15, 0.2) is 16.8 Å². The predicted molar refractivity (Wildman–Crippen MR) is 49.1 cm³/mol.